The highest BCUT2D eigenvalue weighted by Gasteiger charge is 2.23. The van der Waals surface area contributed by atoms with Crippen LogP contribution in [0, 0.1) is 0 Å². The SMILES string of the molecule is CCCNC(=O)CN1CCC(NC(=O)Cc2cc(Cl)c3c(c2)OCCCO3)CC1. The van der Waals surface area contributed by atoms with Crippen molar-refractivity contribution < 1.29 is 19.1 Å². The lowest BCUT2D eigenvalue weighted by Crippen LogP contribution is -2.47. The largest absolute Gasteiger partial charge is 0.489 e. The third-order valence-corrected chi connectivity index (χ3v) is 5.40. The third kappa shape index (κ3) is 6.51. The highest BCUT2D eigenvalue weighted by Crippen LogP contribution is 2.38. The molecule has 2 heterocycles. The van der Waals surface area contributed by atoms with Gasteiger partial charge in [-0.1, -0.05) is 18.5 Å². The number of rotatable bonds is 7. The third-order valence-electron chi connectivity index (χ3n) is 5.12. The standard InChI is InChI=1S/C21H30ClN3O4/c1-2-6-23-20(27)14-25-7-4-16(5-8-25)24-19(26)13-15-11-17(22)21-18(12-15)28-9-3-10-29-21/h11-12,16H,2-10,13-14H2,1H3,(H,23,27)(H,24,26). The summed E-state index contributed by atoms with van der Waals surface area (Å²) in [6, 6.07) is 3.74. The highest BCUT2D eigenvalue weighted by molar-refractivity contribution is 6.32. The van der Waals surface area contributed by atoms with Gasteiger partial charge in [0.2, 0.25) is 11.8 Å². The molecule has 0 bridgehead atoms. The number of carbonyl (C=O) groups is 2. The quantitative estimate of drug-likeness (QED) is 0.702. The van der Waals surface area contributed by atoms with Gasteiger partial charge in [0.05, 0.1) is 31.2 Å². The Balaban J connectivity index is 1.45. The Hall–Kier alpha value is -1.99. The zero-order valence-corrected chi connectivity index (χ0v) is 17.7. The molecule has 0 atom stereocenters. The second-order valence-corrected chi connectivity index (χ2v) is 8.01. The Labute approximate surface area is 177 Å². The molecule has 1 fully saturated rings. The minimum atomic E-state index is -0.0327. The van der Waals surface area contributed by atoms with E-state index in [1.165, 1.54) is 0 Å². The number of nitrogens with zero attached hydrogens (tertiary/aromatic N) is 1. The van der Waals surface area contributed by atoms with Crippen LogP contribution in [0.5, 0.6) is 11.5 Å². The maximum Gasteiger partial charge on any atom is 0.234 e. The van der Waals surface area contributed by atoms with Crippen molar-refractivity contribution in [3.05, 3.63) is 22.7 Å². The number of fused-ring (bicyclic) bond motifs is 1. The van der Waals surface area contributed by atoms with E-state index in [-0.39, 0.29) is 24.3 Å². The number of likely N-dealkylation sites (tertiary alicyclic amines) is 1. The number of hydrogen-bond acceptors (Lipinski definition) is 5. The second-order valence-electron chi connectivity index (χ2n) is 7.60. The summed E-state index contributed by atoms with van der Waals surface area (Å²) in [7, 11) is 0. The van der Waals surface area contributed by atoms with E-state index >= 15 is 0 Å². The van der Waals surface area contributed by atoms with Crippen LogP contribution in [0.25, 0.3) is 0 Å². The van der Waals surface area contributed by atoms with E-state index < -0.39 is 0 Å². The van der Waals surface area contributed by atoms with Crippen molar-refractivity contribution >= 4 is 23.4 Å². The Morgan fingerprint density at radius 2 is 1.93 bits per heavy atom. The zero-order valence-electron chi connectivity index (χ0n) is 17.0. The molecule has 3 rings (SSSR count). The van der Waals surface area contributed by atoms with E-state index in [1.54, 1.807) is 6.07 Å². The number of nitrogens with one attached hydrogen (secondary N) is 2. The molecular weight excluding hydrogens is 394 g/mol. The normalized spacial score (nSPS) is 17.4. The van der Waals surface area contributed by atoms with Gasteiger partial charge in [-0.25, -0.2) is 0 Å². The van der Waals surface area contributed by atoms with E-state index in [2.05, 4.69) is 15.5 Å². The number of piperidine rings is 1. The second kappa shape index (κ2) is 10.7. The first kappa shape index (κ1) is 21.7. The molecule has 2 aliphatic rings. The Bertz CT molecular complexity index is 720. The lowest BCUT2D eigenvalue weighted by Gasteiger charge is -2.31. The van der Waals surface area contributed by atoms with Crippen molar-refractivity contribution in [2.75, 3.05) is 39.4 Å². The van der Waals surface area contributed by atoms with Crippen LogP contribution >= 0.6 is 11.6 Å². The Kier molecular flexibility index (Phi) is 8.00. The van der Waals surface area contributed by atoms with Crippen LogP contribution in [0.1, 0.15) is 38.2 Å². The number of amides is 2. The smallest absolute Gasteiger partial charge is 0.234 e. The van der Waals surface area contributed by atoms with E-state index in [0.717, 1.165) is 50.9 Å². The van der Waals surface area contributed by atoms with E-state index in [9.17, 15) is 9.59 Å². The number of hydrogen-bond donors (Lipinski definition) is 2. The summed E-state index contributed by atoms with van der Waals surface area (Å²) in [6.07, 6.45) is 3.67. The van der Waals surface area contributed by atoms with Gasteiger partial charge in [0.1, 0.15) is 0 Å². The molecule has 1 saturated heterocycles. The summed E-state index contributed by atoms with van der Waals surface area (Å²) in [4.78, 5) is 26.5. The molecule has 1 aromatic rings. The molecule has 2 amide bonds. The monoisotopic (exact) mass is 423 g/mol. The lowest BCUT2D eigenvalue weighted by atomic mass is 10.0. The minimum absolute atomic E-state index is 0.0327. The van der Waals surface area contributed by atoms with Crippen LogP contribution in [0.3, 0.4) is 0 Å². The number of benzene rings is 1. The van der Waals surface area contributed by atoms with Crippen molar-refractivity contribution in [2.45, 2.75) is 45.1 Å². The summed E-state index contributed by atoms with van der Waals surface area (Å²) < 4.78 is 11.3. The maximum absolute atomic E-state index is 12.5. The molecule has 0 spiro atoms. The van der Waals surface area contributed by atoms with Gasteiger partial charge >= 0.3 is 0 Å². The van der Waals surface area contributed by atoms with Gasteiger partial charge in [-0.05, 0) is 37.0 Å². The maximum atomic E-state index is 12.5. The molecule has 0 aliphatic carbocycles. The fraction of sp³-hybridized carbons (Fsp3) is 0.619. The van der Waals surface area contributed by atoms with Crippen LogP contribution < -0.4 is 20.1 Å². The summed E-state index contributed by atoms with van der Waals surface area (Å²) >= 11 is 6.31. The first-order chi connectivity index (χ1) is 14.0. The van der Waals surface area contributed by atoms with Gasteiger partial charge in [0.15, 0.2) is 11.5 Å². The molecule has 160 valence electrons. The molecule has 0 radical (unpaired) electrons. The molecule has 29 heavy (non-hydrogen) atoms. The molecular formula is C21H30ClN3O4. The predicted octanol–water partition coefficient (Wildman–Crippen LogP) is 2.15. The first-order valence-corrected chi connectivity index (χ1v) is 10.8. The van der Waals surface area contributed by atoms with Crippen molar-refractivity contribution in [1.82, 2.24) is 15.5 Å². The van der Waals surface area contributed by atoms with E-state index in [1.807, 2.05) is 13.0 Å². The van der Waals surface area contributed by atoms with Gasteiger partial charge in [0.25, 0.3) is 0 Å². The Morgan fingerprint density at radius 3 is 2.69 bits per heavy atom. The molecule has 0 unspecified atom stereocenters. The summed E-state index contributed by atoms with van der Waals surface area (Å²) in [5.41, 5.74) is 0.807. The van der Waals surface area contributed by atoms with Crippen LogP contribution in [0.2, 0.25) is 5.02 Å². The molecule has 7 nitrogen and oxygen atoms in total. The lowest BCUT2D eigenvalue weighted by molar-refractivity contribution is -0.124. The summed E-state index contributed by atoms with van der Waals surface area (Å²) in [5, 5.41) is 6.48. The van der Waals surface area contributed by atoms with Crippen molar-refractivity contribution in [3.63, 3.8) is 0 Å². The summed E-state index contributed by atoms with van der Waals surface area (Å²) in [6.45, 7) is 5.95. The van der Waals surface area contributed by atoms with Gasteiger partial charge in [0, 0.05) is 32.1 Å². The molecule has 1 aromatic carbocycles. The Morgan fingerprint density at radius 1 is 1.17 bits per heavy atom. The highest BCUT2D eigenvalue weighted by atomic mass is 35.5. The molecule has 8 heteroatoms. The summed E-state index contributed by atoms with van der Waals surface area (Å²) in [5.74, 6) is 1.20. The fourth-order valence-electron chi connectivity index (χ4n) is 3.61. The zero-order chi connectivity index (χ0) is 20.6. The average Bonchev–Trinajstić information content (AvgIpc) is 2.94. The van der Waals surface area contributed by atoms with Crippen molar-refractivity contribution in [3.8, 4) is 11.5 Å². The van der Waals surface area contributed by atoms with Crippen LogP contribution in [0.4, 0.5) is 0 Å². The minimum Gasteiger partial charge on any atom is -0.489 e. The van der Waals surface area contributed by atoms with Gasteiger partial charge in [-0.2, -0.15) is 0 Å². The molecule has 0 saturated carbocycles. The predicted molar refractivity (Wildman–Crippen MR) is 112 cm³/mol. The van der Waals surface area contributed by atoms with Crippen LogP contribution in [-0.4, -0.2) is 62.1 Å². The van der Waals surface area contributed by atoms with E-state index in [0.29, 0.717) is 36.3 Å². The van der Waals surface area contributed by atoms with Crippen molar-refractivity contribution in [2.24, 2.45) is 0 Å². The topological polar surface area (TPSA) is 79.9 Å². The number of ether oxygens (including phenoxy) is 2. The molecule has 0 aromatic heterocycles. The average molecular weight is 424 g/mol. The van der Waals surface area contributed by atoms with Gasteiger partial charge < -0.3 is 20.1 Å². The molecule has 2 aliphatic heterocycles. The van der Waals surface area contributed by atoms with Crippen LogP contribution in [0.15, 0.2) is 12.1 Å². The van der Waals surface area contributed by atoms with Crippen LogP contribution in [-0.2, 0) is 16.0 Å². The van der Waals surface area contributed by atoms with Gasteiger partial charge in [-0.15, -0.1) is 0 Å². The van der Waals surface area contributed by atoms with E-state index in [4.69, 9.17) is 21.1 Å². The number of carbonyl (C=O) groups excluding carboxylic acids is 2. The first-order valence-electron chi connectivity index (χ1n) is 10.4. The molecule has 2 N–H and O–H groups in total. The van der Waals surface area contributed by atoms with Crippen molar-refractivity contribution in [1.29, 1.82) is 0 Å². The fourth-order valence-corrected chi connectivity index (χ4v) is 3.90. The number of halogens is 1. The van der Waals surface area contributed by atoms with Gasteiger partial charge in [-0.3, -0.25) is 14.5 Å².